The standard InChI is InChI=1S/C33H46N2O2.C2H6/c1-24(2)20-35(21-27-18-25(3)33-28(19-27)10-5-6-16-37-33)26(4)29-12-8-15-34(22-29)23-30-11-7-14-32-31(30)13-9-17-36-32;1-2/h7,11,14,18-19,24,29H,4-6,8-10,12-13,15-17,20-23H2,1-3H3;1-2H3/t29-;/m1./s1. The van der Waals surface area contributed by atoms with E-state index in [1.54, 1.807) is 0 Å². The highest BCUT2D eigenvalue weighted by Crippen LogP contribution is 2.33. The van der Waals surface area contributed by atoms with Crippen molar-refractivity contribution in [1.82, 2.24) is 9.80 Å². The molecule has 0 aliphatic carbocycles. The minimum absolute atomic E-state index is 0.508. The van der Waals surface area contributed by atoms with E-state index < -0.39 is 0 Å². The van der Waals surface area contributed by atoms with Gasteiger partial charge in [0, 0.05) is 37.8 Å². The Hall–Kier alpha value is -2.46. The van der Waals surface area contributed by atoms with Crippen molar-refractivity contribution < 1.29 is 9.47 Å². The Bertz CT molecular complexity index is 1090. The van der Waals surface area contributed by atoms with Gasteiger partial charge in [0.2, 0.25) is 0 Å². The first-order valence-electron chi connectivity index (χ1n) is 15.6. The molecular weight excluding hydrogens is 480 g/mol. The number of hydrogen-bond donors (Lipinski definition) is 0. The van der Waals surface area contributed by atoms with Gasteiger partial charge in [-0.25, -0.2) is 0 Å². The maximum Gasteiger partial charge on any atom is 0.125 e. The van der Waals surface area contributed by atoms with Crippen LogP contribution in [0.3, 0.4) is 0 Å². The lowest BCUT2D eigenvalue weighted by Gasteiger charge is -2.39. The Kier molecular flexibility index (Phi) is 10.8. The van der Waals surface area contributed by atoms with Gasteiger partial charge in [0.15, 0.2) is 0 Å². The third-order valence-corrected chi connectivity index (χ3v) is 8.29. The number of aryl methyl sites for hydroxylation is 2. The minimum atomic E-state index is 0.508. The van der Waals surface area contributed by atoms with Crippen LogP contribution in [0.15, 0.2) is 42.6 Å². The fraction of sp³-hybridized carbons (Fsp3) is 0.600. The zero-order valence-corrected chi connectivity index (χ0v) is 25.4. The SMILES string of the molecule is C=C([C@@H]1CCCN(Cc2cccc3c2CCCO3)C1)N(Cc1cc(C)c2c(c1)CCCCO2)CC(C)C.CC. The van der Waals surface area contributed by atoms with E-state index in [4.69, 9.17) is 16.1 Å². The quantitative estimate of drug-likeness (QED) is 0.344. The Morgan fingerprint density at radius 1 is 1.05 bits per heavy atom. The lowest BCUT2D eigenvalue weighted by Crippen LogP contribution is -2.40. The minimum Gasteiger partial charge on any atom is -0.493 e. The summed E-state index contributed by atoms with van der Waals surface area (Å²) in [5.74, 6) is 3.34. The first-order chi connectivity index (χ1) is 19.0. The molecule has 4 heteroatoms. The molecule has 39 heavy (non-hydrogen) atoms. The predicted molar refractivity (Wildman–Crippen MR) is 164 cm³/mol. The van der Waals surface area contributed by atoms with E-state index in [2.05, 4.69) is 60.9 Å². The lowest BCUT2D eigenvalue weighted by atomic mass is 9.92. The van der Waals surface area contributed by atoms with Crippen LogP contribution in [0.4, 0.5) is 0 Å². The van der Waals surface area contributed by atoms with Crippen LogP contribution >= 0.6 is 0 Å². The average molecular weight is 533 g/mol. The maximum absolute atomic E-state index is 6.10. The zero-order valence-electron chi connectivity index (χ0n) is 25.4. The molecule has 0 unspecified atom stereocenters. The summed E-state index contributed by atoms with van der Waals surface area (Å²) in [6.45, 7) is 22.5. The third-order valence-electron chi connectivity index (χ3n) is 8.29. The van der Waals surface area contributed by atoms with Gasteiger partial charge in [0.05, 0.1) is 13.2 Å². The summed E-state index contributed by atoms with van der Waals surface area (Å²) in [7, 11) is 0. The number of ether oxygens (including phenoxy) is 2. The van der Waals surface area contributed by atoms with Crippen molar-refractivity contribution in [2.24, 2.45) is 11.8 Å². The van der Waals surface area contributed by atoms with Crippen molar-refractivity contribution in [3.8, 4) is 11.5 Å². The van der Waals surface area contributed by atoms with Gasteiger partial charge in [-0.05, 0) is 98.2 Å². The van der Waals surface area contributed by atoms with Crippen molar-refractivity contribution in [1.29, 1.82) is 0 Å². The number of nitrogens with zero attached hydrogens (tertiary/aromatic N) is 2. The normalized spacial score (nSPS) is 19.0. The van der Waals surface area contributed by atoms with Crippen molar-refractivity contribution >= 4 is 0 Å². The van der Waals surface area contributed by atoms with Gasteiger partial charge < -0.3 is 14.4 Å². The van der Waals surface area contributed by atoms with Crippen LogP contribution in [-0.2, 0) is 25.9 Å². The van der Waals surface area contributed by atoms with Gasteiger partial charge in [-0.2, -0.15) is 0 Å². The summed E-state index contributed by atoms with van der Waals surface area (Å²) in [6.07, 6.45) is 8.23. The van der Waals surface area contributed by atoms with Gasteiger partial charge in [-0.3, -0.25) is 4.90 Å². The predicted octanol–water partition coefficient (Wildman–Crippen LogP) is 7.95. The molecule has 1 saturated heterocycles. The lowest BCUT2D eigenvalue weighted by molar-refractivity contribution is 0.154. The molecule has 0 spiro atoms. The summed E-state index contributed by atoms with van der Waals surface area (Å²) in [4.78, 5) is 5.23. The summed E-state index contributed by atoms with van der Waals surface area (Å²) in [5, 5.41) is 0. The van der Waals surface area contributed by atoms with Crippen LogP contribution in [0.5, 0.6) is 11.5 Å². The molecule has 3 heterocycles. The molecule has 214 valence electrons. The van der Waals surface area contributed by atoms with Gasteiger partial charge >= 0.3 is 0 Å². The topological polar surface area (TPSA) is 24.9 Å². The van der Waals surface area contributed by atoms with E-state index in [-0.39, 0.29) is 0 Å². The molecule has 0 N–H and O–H groups in total. The molecule has 1 fully saturated rings. The number of likely N-dealkylation sites (tertiary alicyclic amines) is 1. The smallest absolute Gasteiger partial charge is 0.125 e. The highest BCUT2D eigenvalue weighted by molar-refractivity contribution is 5.45. The first-order valence-corrected chi connectivity index (χ1v) is 15.6. The molecule has 2 aromatic carbocycles. The molecule has 4 nitrogen and oxygen atoms in total. The molecule has 5 rings (SSSR count). The summed E-state index contributed by atoms with van der Waals surface area (Å²) < 4.78 is 12.0. The first kappa shape index (κ1) is 29.5. The Labute approximate surface area is 238 Å². The molecule has 0 radical (unpaired) electrons. The van der Waals surface area contributed by atoms with Crippen LogP contribution < -0.4 is 9.47 Å². The molecule has 0 bridgehead atoms. The van der Waals surface area contributed by atoms with E-state index in [0.29, 0.717) is 11.8 Å². The number of piperidine rings is 1. The van der Waals surface area contributed by atoms with Gasteiger partial charge in [-0.15, -0.1) is 0 Å². The Balaban J connectivity index is 0.00000172. The van der Waals surface area contributed by atoms with Crippen molar-refractivity contribution in [3.05, 3.63) is 70.4 Å². The molecule has 3 aliphatic rings. The monoisotopic (exact) mass is 532 g/mol. The second kappa shape index (κ2) is 14.3. The van der Waals surface area contributed by atoms with E-state index in [0.717, 1.165) is 76.6 Å². The van der Waals surface area contributed by atoms with Crippen molar-refractivity contribution in [3.63, 3.8) is 0 Å². The summed E-state index contributed by atoms with van der Waals surface area (Å²) >= 11 is 0. The Morgan fingerprint density at radius 2 is 1.87 bits per heavy atom. The van der Waals surface area contributed by atoms with Crippen LogP contribution in [0, 0.1) is 18.8 Å². The van der Waals surface area contributed by atoms with E-state index in [9.17, 15) is 0 Å². The molecular formula is C35H52N2O2. The van der Waals surface area contributed by atoms with Crippen LogP contribution in [0.25, 0.3) is 0 Å². The largest absolute Gasteiger partial charge is 0.493 e. The van der Waals surface area contributed by atoms with Gasteiger partial charge in [0.25, 0.3) is 0 Å². The average Bonchev–Trinajstić information content (AvgIpc) is 3.20. The number of hydrogen-bond acceptors (Lipinski definition) is 4. The summed E-state index contributed by atoms with van der Waals surface area (Å²) in [5.41, 5.74) is 8.27. The Morgan fingerprint density at radius 3 is 2.69 bits per heavy atom. The van der Waals surface area contributed by atoms with Gasteiger partial charge in [0.1, 0.15) is 11.5 Å². The second-order valence-corrected chi connectivity index (χ2v) is 11.9. The molecule has 3 aliphatic heterocycles. The summed E-state index contributed by atoms with van der Waals surface area (Å²) in [6, 6.07) is 11.4. The molecule has 0 amide bonds. The highest BCUT2D eigenvalue weighted by atomic mass is 16.5. The number of rotatable bonds is 8. The van der Waals surface area contributed by atoms with Crippen molar-refractivity contribution in [2.45, 2.75) is 92.7 Å². The van der Waals surface area contributed by atoms with Crippen LogP contribution in [0.1, 0.15) is 87.6 Å². The second-order valence-electron chi connectivity index (χ2n) is 11.9. The number of benzene rings is 2. The van der Waals surface area contributed by atoms with Crippen LogP contribution in [0.2, 0.25) is 0 Å². The van der Waals surface area contributed by atoms with E-state index >= 15 is 0 Å². The third kappa shape index (κ3) is 7.60. The van der Waals surface area contributed by atoms with E-state index in [1.165, 1.54) is 59.3 Å². The van der Waals surface area contributed by atoms with Crippen molar-refractivity contribution in [2.75, 3.05) is 32.8 Å². The maximum atomic E-state index is 6.10. The molecule has 1 atom stereocenters. The van der Waals surface area contributed by atoms with E-state index in [1.807, 2.05) is 13.8 Å². The molecule has 0 aromatic heterocycles. The fourth-order valence-corrected chi connectivity index (χ4v) is 6.53. The van der Waals surface area contributed by atoms with Crippen LogP contribution in [-0.4, -0.2) is 42.6 Å². The molecule has 0 saturated carbocycles. The highest BCUT2D eigenvalue weighted by Gasteiger charge is 2.27. The number of fused-ring (bicyclic) bond motifs is 2. The zero-order chi connectivity index (χ0) is 27.8. The van der Waals surface area contributed by atoms with Gasteiger partial charge in [-0.1, -0.05) is 58.5 Å². The molecule has 2 aromatic rings. The fourth-order valence-electron chi connectivity index (χ4n) is 6.53.